The molecule has 1 aliphatic rings. The monoisotopic (exact) mass is 372 g/mol. The van der Waals surface area contributed by atoms with Crippen molar-refractivity contribution in [1.82, 2.24) is 15.3 Å². The zero-order valence-electron chi connectivity index (χ0n) is 15.3. The highest BCUT2D eigenvalue weighted by molar-refractivity contribution is 5.90. The number of carbonyl (C=O) groups excluding carboxylic acids is 1. The zero-order valence-corrected chi connectivity index (χ0v) is 15.3. The summed E-state index contributed by atoms with van der Waals surface area (Å²) in [6, 6.07) is 8.37. The Kier molecular flexibility index (Phi) is 6.43. The van der Waals surface area contributed by atoms with Crippen LogP contribution in [0.2, 0.25) is 0 Å². The number of nitrogens with one attached hydrogen (secondary N) is 3. The number of aromatic nitrogens is 2. The topological polar surface area (TPSA) is 105 Å². The number of benzene rings is 1. The van der Waals surface area contributed by atoms with Crippen molar-refractivity contribution < 1.29 is 14.3 Å². The average molecular weight is 372 g/mol. The van der Waals surface area contributed by atoms with Gasteiger partial charge in [-0.15, -0.1) is 0 Å². The van der Waals surface area contributed by atoms with Crippen LogP contribution in [-0.4, -0.2) is 41.9 Å². The van der Waals surface area contributed by atoms with Gasteiger partial charge in [0.2, 0.25) is 0 Å². The average Bonchev–Trinajstić information content (AvgIpc) is 3.14. The van der Waals surface area contributed by atoms with Crippen LogP contribution in [0.3, 0.4) is 0 Å². The van der Waals surface area contributed by atoms with Crippen molar-refractivity contribution in [3.63, 3.8) is 0 Å². The van der Waals surface area contributed by atoms with E-state index in [9.17, 15) is 9.59 Å². The molecule has 0 aliphatic carbocycles. The predicted molar refractivity (Wildman–Crippen MR) is 101 cm³/mol. The Labute approximate surface area is 157 Å². The lowest BCUT2D eigenvalue weighted by molar-refractivity contribution is 0.0682. The van der Waals surface area contributed by atoms with E-state index in [4.69, 9.17) is 9.47 Å². The van der Waals surface area contributed by atoms with E-state index in [1.807, 2.05) is 18.2 Å². The lowest BCUT2D eigenvalue weighted by atomic mass is 10.2. The fraction of sp³-hybridized carbons (Fsp3) is 0.421. The Morgan fingerprint density at radius 2 is 2.26 bits per heavy atom. The highest BCUT2D eigenvalue weighted by atomic mass is 16.5. The number of nitrogens with zero attached hydrogens (tertiary/aromatic N) is 1. The molecule has 2 amide bonds. The van der Waals surface area contributed by atoms with Crippen molar-refractivity contribution in [2.75, 3.05) is 25.1 Å². The molecule has 1 aromatic heterocycles. The van der Waals surface area contributed by atoms with Crippen LogP contribution in [0.5, 0.6) is 5.75 Å². The number of aromatic amines is 1. The Morgan fingerprint density at radius 3 is 3.04 bits per heavy atom. The molecule has 8 heteroatoms. The summed E-state index contributed by atoms with van der Waals surface area (Å²) in [6.07, 6.45) is 2.62. The number of rotatable bonds is 7. The summed E-state index contributed by atoms with van der Waals surface area (Å²) in [5.41, 5.74) is 1.04. The van der Waals surface area contributed by atoms with Gasteiger partial charge in [-0.1, -0.05) is 12.1 Å². The number of hydrogen-bond acceptors (Lipinski definition) is 5. The van der Waals surface area contributed by atoms with E-state index < -0.39 is 0 Å². The van der Waals surface area contributed by atoms with Crippen LogP contribution in [-0.2, 0) is 11.2 Å². The van der Waals surface area contributed by atoms with Gasteiger partial charge in [-0.2, -0.15) is 0 Å². The molecule has 0 bridgehead atoms. The van der Waals surface area contributed by atoms with Gasteiger partial charge in [0.05, 0.1) is 11.8 Å². The highest BCUT2D eigenvalue weighted by Gasteiger charge is 2.17. The van der Waals surface area contributed by atoms with Gasteiger partial charge in [0.25, 0.3) is 5.56 Å². The molecule has 0 spiro atoms. The minimum absolute atomic E-state index is 0.108. The molecule has 0 unspecified atom stereocenters. The Bertz CT molecular complexity index is 830. The second kappa shape index (κ2) is 9.18. The molecular formula is C19H24N4O4. The molecule has 1 fully saturated rings. The minimum Gasteiger partial charge on any atom is -0.489 e. The van der Waals surface area contributed by atoms with Gasteiger partial charge < -0.3 is 25.1 Å². The van der Waals surface area contributed by atoms with Crippen LogP contribution in [0.4, 0.5) is 10.5 Å². The van der Waals surface area contributed by atoms with Gasteiger partial charge >= 0.3 is 6.03 Å². The molecule has 2 aromatic rings. The third-order valence-corrected chi connectivity index (χ3v) is 4.16. The molecule has 8 nitrogen and oxygen atoms in total. The highest BCUT2D eigenvalue weighted by Crippen LogP contribution is 2.24. The first kappa shape index (κ1) is 18.9. The lowest BCUT2D eigenvalue weighted by Crippen LogP contribution is -2.31. The Morgan fingerprint density at radius 1 is 1.41 bits per heavy atom. The molecule has 0 saturated carbocycles. The number of H-pyrrole nitrogens is 1. The summed E-state index contributed by atoms with van der Waals surface area (Å²) >= 11 is 0. The van der Waals surface area contributed by atoms with Crippen molar-refractivity contribution in [3.05, 3.63) is 52.2 Å². The number of hydrogen-bond donors (Lipinski definition) is 3. The first-order chi connectivity index (χ1) is 13.1. The van der Waals surface area contributed by atoms with Gasteiger partial charge in [-0.3, -0.25) is 4.79 Å². The van der Waals surface area contributed by atoms with E-state index in [1.54, 1.807) is 13.0 Å². The molecule has 2 heterocycles. The summed E-state index contributed by atoms with van der Waals surface area (Å²) < 4.78 is 11.4. The Balaban J connectivity index is 1.49. The Hall–Kier alpha value is -2.87. The number of aryl methyl sites for hydroxylation is 1. The number of anilines is 1. The van der Waals surface area contributed by atoms with Crippen LogP contribution >= 0.6 is 0 Å². The quantitative estimate of drug-likeness (QED) is 0.689. The van der Waals surface area contributed by atoms with E-state index in [2.05, 4.69) is 20.6 Å². The van der Waals surface area contributed by atoms with E-state index >= 15 is 0 Å². The summed E-state index contributed by atoms with van der Waals surface area (Å²) in [6.45, 7) is 3.32. The summed E-state index contributed by atoms with van der Waals surface area (Å²) in [5.74, 6) is 1.16. The molecule has 1 aromatic carbocycles. The van der Waals surface area contributed by atoms with E-state index in [0.717, 1.165) is 19.4 Å². The standard InChI is InChI=1S/C19H24N4O4/c1-13-21-14(11-18(24)22-13)8-9-20-19(25)23-16-6-2-3-7-17(16)27-12-15-5-4-10-26-15/h2-3,6-7,11,15H,4-5,8-10,12H2,1H3,(H2,20,23,25)(H,21,22,24)/t15-/m0/s1. The van der Waals surface area contributed by atoms with Crippen molar-refractivity contribution in [2.45, 2.75) is 32.3 Å². The van der Waals surface area contributed by atoms with E-state index in [0.29, 0.717) is 42.5 Å². The molecular weight excluding hydrogens is 348 g/mol. The fourth-order valence-corrected chi connectivity index (χ4v) is 2.89. The van der Waals surface area contributed by atoms with Crippen LogP contribution in [0.15, 0.2) is 35.1 Å². The number of ether oxygens (including phenoxy) is 2. The summed E-state index contributed by atoms with van der Waals surface area (Å²) in [4.78, 5) is 30.4. The molecule has 3 rings (SSSR count). The maximum absolute atomic E-state index is 12.2. The molecule has 144 valence electrons. The van der Waals surface area contributed by atoms with Crippen molar-refractivity contribution in [3.8, 4) is 5.75 Å². The first-order valence-corrected chi connectivity index (χ1v) is 9.05. The van der Waals surface area contributed by atoms with Gasteiger partial charge in [-0.25, -0.2) is 9.78 Å². The van der Waals surface area contributed by atoms with Gasteiger partial charge in [0.15, 0.2) is 0 Å². The van der Waals surface area contributed by atoms with Crippen molar-refractivity contribution in [2.24, 2.45) is 0 Å². The first-order valence-electron chi connectivity index (χ1n) is 9.05. The minimum atomic E-state index is -0.343. The second-order valence-electron chi connectivity index (χ2n) is 6.40. The second-order valence-corrected chi connectivity index (χ2v) is 6.40. The SMILES string of the molecule is Cc1nc(CCNC(=O)Nc2ccccc2OC[C@@H]2CCCO2)cc(=O)[nH]1. The van der Waals surface area contributed by atoms with E-state index in [-0.39, 0.29) is 17.7 Å². The number of amides is 2. The van der Waals surface area contributed by atoms with Crippen LogP contribution < -0.4 is 20.9 Å². The molecule has 1 saturated heterocycles. The van der Waals surface area contributed by atoms with Gasteiger partial charge in [0, 0.05) is 31.3 Å². The zero-order chi connectivity index (χ0) is 19.1. The third-order valence-electron chi connectivity index (χ3n) is 4.16. The van der Waals surface area contributed by atoms with Crippen LogP contribution in [0.1, 0.15) is 24.4 Å². The third kappa shape index (κ3) is 5.82. The number of urea groups is 1. The largest absolute Gasteiger partial charge is 0.489 e. The lowest BCUT2D eigenvalue weighted by Gasteiger charge is -2.15. The smallest absolute Gasteiger partial charge is 0.319 e. The molecule has 0 radical (unpaired) electrons. The van der Waals surface area contributed by atoms with Gasteiger partial charge in [0.1, 0.15) is 18.2 Å². The van der Waals surface area contributed by atoms with E-state index in [1.165, 1.54) is 6.07 Å². The number of para-hydroxylation sites is 2. The fourth-order valence-electron chi connectivity index (χ4n) is 2.89. The maximum Gasteiger partial charge on any atom is 0.319 e. The molecule has 3 N–H and O–H groups in total. The predicted octanol–water partition coefficient (Wildman–Crippen LogP) is 2.00. The van der Waals surface area contributed by atoms with Gasteiger partial charge in [-0.05, 0) is 31.9 Å². The molecule has 1 atom stereocenters. The van der Waals surface area contributed by atoms with Crippen molar-refractivity contribution in [1.29, 1.82) is 0 Å². The maximum atomic E-state index is 12.2. The summed E-state index contributed by atoms with van der Waals surface area (Å²) in [5, 5.41) is 5.55. The normalized spacial score (nSPS) is 16.1. The van der Waals surface area contributed by atoms with Crippen LogP contribution in [0.25, 0.3) is 0 Å². The summed E-state index contributed by atoms with van der Waals surface area (Å²) in [7, 11) is 0. The number of carbonyl (C=O) groups is 1. The molecule has 1 aliphatic heterocycles. The van der Waals surface area contributed by atoms with Crippen molar-refractivity contribution >= 4 is 11.7 Å². The molecule has 27 heavy (non-hydrogen) atoms. The van der Waals surface area contributed by atoms with Crippen LogP contribution in [0, 0.1) is 6.92 Å².